The van der Waals surface area contributed by atoms with Gasteiger partial charge < -0.3 is 15.0 Å². The third-order valence-electron chi connectivity index (χ3n) is 5.47. The van der Waals surface area contributed by atoms with Gasteiger partial charge in [0, 0.05) is 37.5 Å². The van der Waals surface area contributed by atoms with Gasteiger partial charge in [-0.3, -0.25) is 18.9 Å². The molecule has 1 aliphatic heterocycles. The number of nitrogens with one attached hydrogen (secondary N) is 1. The number of aliphatic imine (C=N–C) groups is 1. The number of aryl methyl sites for hydroxylation is 1. The highest BCUT2D eigenvalue weighted by Gasteiger charge is 2.38. The molecule has 2 aromatic heterocycles. The minimum atomic E-state index is -4.70. The van der Waals surface area contributed by atoms with E-state index < -0.39 is 29.3 Å². The topological polar surface area (TPSA) is 80.9 Å². The summed E-state index contributed by atoms with van der Waals surface area (Å²) >= 11 is 1.25. The largest absolute Gasteiger partial charge is 0.406 e. The van der Waals surface area contributed by atoms with Crippen molar-refractivity contribution in [2.24, 2.45) is 4.99 Å². The predicted octanol–water partition coefficient (Wildman–Crippen LogP) is -0.991. The van der Waals surface area contributed by atoms with E-state index in [0.29, 0.717) is 29.4 Å². The normalized spacial score (nSPS) is 16.5. The fraction of sp³-hybridized carbons (Fsp3) is 0.588. The molecule has 0 radical (unpaired) electrons. The molecule has 0 spiro atoms. The van der Waals surface area contributed by atoms with Crippen LogP contribution in [0.3, 0.4) is 0 Å². The summed E-state index contributed by atoms with van der Waals surface area (Å²) in [7, 11) is 7.05. The highest BCUT2D eigenvalue weighted by Crippen LogP contribution is 2.36. The van der Waals surface area contributed by atoms with Crippen molar-refractivity contribution in [3.63, 3.8) is 0 Å². The third kappa shape index (κ3) is 4.14. The van der Waals surface area contributed by atoms with Crippen molar-refractivity contribution >= 4 is 43.2 Å². The fourth-order valence-electron chi connectivity index (χ4n) is 4.02. The molecule has 0 amide bonds. The number of ether oxygens (including phenoxy) is 1. The lowest BCUT2D eigenvalue weighted by Crippen LogP contribution is -2.49. The van der Waals surface area contributed by atoms with Crippen molar-refractivity contribution in [1.29, 1.82) is 0 Å². The maximum atomic E-state index is 13.1. The average molecular weight is 457 g/mol. The van der Waals surface area contributed by atoms with E-state index in [1.165, 1.54) is 23.0 Å². The third-order valence-corrected chi connectivity index (χ3v) is 7.09. The number of rotatable bonds is 6. The van der Waals surface area contributed by atoms with Crippen LogP contribution in [0.2, 0.25) is 0 Å². The van der Waals surface area contributed by atoms with Crippen molar-refractivity contribution in [2.45, 2.75) is 31.5 Å². The van der Waals surface area contributed by atoms with Gasteiger partial charge in [0.05, 0.1) is 18.5 Å². The Kier molecular flexibility index (Phi) is 6.34. The first-order chi connectivity index (χ1) is 14.4. The Labute approximate surface area is 182 Å². The van der Waals surface area contributed by atoms with Crippen LogP contribution in [0.5, 0.6) is 0 Å². The second kappa shape index (κ2) is 8.38. The number of thiophene rings is 1. The Morgan fingerprint density at radius 2 is 1.94 bits per heavy atom. The van der Waals surface area contributed by atoms with Gasteiger partial charge in [0.25, 0.3) is 5.56 Å². The molecule has 3 rings (SSSR count). The molecule has 0 atom stereocenters. The zero-order valence-corrected chi connectivity index (χ0v) is 18.9. The maximum Gasteiger partial charge on any atom is 0.406 e. The van der Waals surface area contributed by atoms with Crippen LogP contribution in [0.4, 0.5) is 13.2 Å². The summed E-state index contributed by atoms with van der Waals surface area (Å²) in [6.45, 7) is 1.63. The lowest BCUT2D eigenvalue weighted by atomic mass is 9.59. The SMILES string of the molecule is BC(B)(c1sc2c(c1C)c(=O)n(CC(F)(F)F)c(=O)n2CCOC)N1CCN/C1=N\C. The molecular formula is C17H24B2F3N5O3S. The molecule has 31 heavy (non-hydrogen) atoms. The van der Waals surface area contributed by atoms with E-state index in [9.17, 15) is 22.8 Å². The van der Waals surface area contributed by atoms with Crippen molar-refractivity contribution in [2.75, 3.05) is 33.9 Å². The lowest BCUT2D eigenvalue weighted by molar-refractivity contribution is -0.141. The summed E-state index contributed by atoms with van der Waals surface area (Å²) in [5.74, 6) is 0.702. The van der Waals surface area contributed by atoms with Crippen LogP contribution in [-0.2, 0) is 23.2 Å². The summed E-state index contributed by atoms with van der Waals surface area (Å²) in [4.78, 5) is 33.3. The quantitative estimate of drug-likeness (QED) is 0.564. The van der Waals surface area contributed by atoms with Crippen molar-refractivity contribution in [3.05, 3.63) is 31.3 Å². The van der Waals surface area contributed by atoms with Crippen LogP contribution in [0.15, 0.2) is 14.6 Å². The molecular weight excluding hydrogens is 433 g/mol. The maximum absolute atomic E-state index is 13.1. The van der Waals surface area contributed by atoms with E-state index in [1.54, 1.807) is 14.0 Å². The molecule has 14 heteroatoms. The molecule has 168 valence electrons. The van der Waals surface area contributed by atoms with Crippen LogP contribution in [0.25, 0.3) is 10.2 Å². The number of hydrogen-bond acceptors (Lipinski definition) is 5. The van der Waals surface area contributed by atoms with Crippen LogP contribution >= 0.6 is 11.3 Å². The smallest absolute Gasteiger partial charge is 0.383 e. The Hall–Kier alpha value is -2.21. The second-order valence-electron chi connectivity index (χ2n) is 7.85. The standard InChI is InChI=1S/C17H24B2F3N5O3S/c1-9-10-12(28)26(8-16(20,21)22)15(29)25(6-7-30-3)13(10)31-11(9)17(18,19)27-5-4-24-14(27)23-2/h4-8,18-19H2,1-3H3,(H,23,24). The van der Waals surface area contributed by atoms with Crippen LogP contribution in [-0.4, -0.2) is 75.7 Å². The number of alkyl halides is 3. The summed E-state index contributed by atoms with van der Waals surface area (Å²) in [5, 5.41) is 2.73. The molecule has 2 aromatic rings. The van der Waals surface area contributed by atoms with Crippen LogP contribution < -0.4 is 16.6 Å². The van der Waals surface area contributed by atoms with Crippen LogP contribution in [0.1, 0.15) is 10.4 Å². The summed E-state index contributed by atoms with van der Waals surface area (Å²) < 4.78 is 45.8. The Balaban J connectivity index is 2.30. The molecule has 0 saturated carbocycles. The Morgan fingerprint density at radius 3 is 2.52 bits per heavy atom. The lowest BCUT2D eigenvalue weighted by Gasteiger charge is -2.36. The first-order valence-electron chi connectivity index (χ1n) is 9.75. The number of fused-ring (bicyclic) bond motifs is 1. The predicted molar refractivity (Wildman–Crippen MR) is 120 cm³/mol. The van der Waals surface area contributed by atoms with Gasteiger partial charge in [-0.2, -0.15) is 13.2 Å². The summed E-state index contributed by atoms with van der Waals surface area (Å²) in [6.07, 6.45) is -4.70. The number of nitrogens with zero attached hydrogens (tertiary/aromatic N) is 4. The van der Waals surface area contributed by atoms with Gasteiger partial charge in [-0.1, -0.05) is 0 Å². The minimum absolute atomic E-state index is 0.0384. The molecule has 8 nitrogen and oxygen atoms in total. The number of hydrogen-bond donors (Lipinski definition) is 1. The summed E-state index contributed by atoms with van der Waals surface area (Å²) in [6, 6.07) is 0. The molecule has 1 saturated heterocycles. The van der Waals surface area contributed by atoms with Gasteiger partial charge >= 0.3 is 11.9 Å². The molecule has 0 aliphatic carbocycles. The van der Waals surface area contributed by atoms with E-state index in [4.69, 9.17) is 4.74 Å². The first kappa shape index (κ1) is 23.5. The van der Waals surface area contributed by atoms with Crippen LogP contribution in [0, 0.1) is 6.92 Å². The molecule has 0 unspecified atom stereocenters. The van der Waals surface area contributed by atoms with Gasteiger partial charge in [-0.05, 0) is 12.5 Å². The zero-order valence-electron chi connectivity index (χ0n) is 18.1. The van der Waals surface area contributed by atoms with Crippen molar-refractivity contribution in [3.8, 4) is 0 Å². The number of halogens is 3. The van der Waals surface area contributed by atoms with Gasteiger partial charge in [0.15, 0.2) is 5.96 Å². The molecule has 0 aromatic carbocycles. The molecule has 0 bridgehead atoms. The second-order valence-corrected chi connectivity index (χ2v) is 8.85. The number of methoxy groups -OCH3 is 1. The summed E-state index contributed by atoms with van der Waals surface area (Å²) in [5.41, 5.74) is -1.35. The van der Waals surface area contributed by atoms with E-state index in [2.05, 4.69) is 15.2 Å². The van der Waals surface area contributed by atoms with E-state index in [1.807, 2.05) is 15.7 Å². The van der Waals surface area contributed by atoms with Gasteiger partial charge in [0.1, 0.15) is 27.1 Å². The molecule has 1 fully saturated rings. The minimum Gasteiger partial charge on any atom is -0.383 e. The van der Waals surface area contributed by atoms with E-state index >= 15 is 0 Å². The highest BCUT2D eigenvalue weighted by molar-refractivity contribution is 7.19. The number of aromatic nitrogens is 2. The molecule has 1 N–H and O–H groups in total. The Bertz CT molecular complexity index is 1140. The molecule has 1 aliphatic rings. The highest BCUT2D eigenvalue weighted by atomic mass is 32.1. The Morgan fingerprint density at radius 1 is 1.26 bits per heavy atom. The fourth-order valence-corrected chi connectivity index (χ4v) is 5.45. The number of guanidine groups is 1. The average Bonchev–Trinajstić information content (AvgIpc) is 3.30. The van der Waals surface area contributed by atoms with Gasteiger partial charge in [0.2, 0.25) is 0 Å². The van der Waals surface area contributed by atoms with E-state index in [-0.39, 0.29) is 23.1 Å². The van der Waals surface area contributed by atoms with Gasteiger partial charge in [-0.25, -0.2) is 4.79 Å². The molecule has 3 heterocycles. The van der Waals surface area contributed by atoms with Crippen molar-refractivity contribution in [1.82, 2.24) is 19.4 Å². The van der Waals surface area contributed by atoms with E-state index in [0.717, 1.165) is 4.88 Å². The monoisotopic (exact) mass is 457 g/mol. The van der Waals surface area contributed by atoms with Gasteiger partial charge in [-0.15, -0.1) is 11.3 Å². The first-order valence-corrected chi connectivity index (χ1v) is 10.6. The van der Waals surface area contributed by atoms with Crippen molar-refractivity contribution < 1.29 is 17.9 Å². The zero-order chi connectivity index (χ0) is 23.1.